The van der Waals surface area contributed by atoms with Gasteiger partial charge in [0.2, 0.25) is 5.91 Å². The molecular formula is C27H24F3N7O2. The van der Waals surface area contributed by atoms with Crippen LogP contribution in [-0.2, 0) is 30.4 Å². The van der Waals surface area contributed by atoms with E-state index in [2.05, 4.69) is 35.8 Å². The quantitative estimate of drug-likeness (QED) is 0.242. The Hall–Kier alpha value is -4.61. The molecule has 9 nitrogen and oxygen atoms in total. The monoisotopic (exact) mass is 535 g/mol. The molecule has 0 radical (unpaired) electrons. The Morgan fingerprint density at radius 2 is 2.08 bits per heavy atom. The van der Waals surface area contributed by atoms with Crippen molar-refractivity contribution in [3.05, 3.63) is 71.3 Å². The first-order chi connectivity index (χ1) is 18.8. The number of hydrogen-bond acceptors (Lipinski definition) is 6. The molecule has 3 heterocycles. The van der Waals surface area contributed by atoms with E-state index >= 15 is 0 Å². The van der Waals surface area contributed by atoms with Crippen LogP contribution in [0.2, 0.25) is 0 Å². The zero-order valence-corrected chi connectivity index (χ0v) is 20.8. The number of nitrogens with one attached hydrogen (secondary N) is 4. The lowest BCUT2D eigenvalue weighted by atomic mass is 9.86. The minimum absolute atomic E-state index is 0.0200. The van der Waals surface area contributed by atoms with Gasteiger partial charge in [-0.15, -0.1) is 0 Å². The second-order valence-electron chi connectivity index (χ2n) is 9.52. The Morgan fingerprint density at radius 1 is 1.21 bits per heavy atom. The number of rotatable bonds is 6. The number of halogens is 3. The second-order valence-corrected chi connectivity index (χ2v) is 9.52. The third kappa shape index (κ3) is 4.73. The van der Waals surface area contributed by atoms with Crippen LogP contribution in [-0.4, -0.2) is 38.2 Å². The summed E-state index contributed by atoms with van der Waals surface area (Å²) in [4.78, 5) is 25.3. The topological polar surface area (TPSA) is 121 Å². The Kier molecular flexibility index (Phi) is 6.09. The molecule has 0 fully saturated rings. The summed E-state index contributed by atoms with van der Waals surface area (Å²) >= 11 is 0. The smallest absolute Gasteiger partial charge is 0.416 e. The van der Waals surface area contributed by atoms with E-state index in [-0.39, 0.29) is 18.4 Å². The second kappa shape index (κ2) is 9.61. The van der Waals surface area contributed by atoms with Gasteiger partial charge in [-0.1, -0.05) is 12.1 Å². The molecule has 1 amide bonds. The van der Waals surface area contributed by atoms with E-state index in [1.54, 1.807) is 19.4 Å². The highest BCUT2D eigenvalue weighted by Gasteiger charge is 2.31. The third-order valence-electron chi connectivity index (χ3n) is 7.08. The predicted molar refractivity (Wildman–Crippen MR) is 139 cm³/mol. The van der Waals surface area contributed by atoms with Gasteiger partial charge in [0.05, 0.1) is 35.5 Å². The van der Waals surface area contributed by atoms with Crippen molar-refractivity contribution in [2.24, 2.45) is 5.92 Å². The first kappa shape index (κ1) is 24.7. The Bertz CT molecular complexity index is 1690. The van der Waals surface area contributed by atoms with Crippen molar-refractivity contribution in [3.8, 4) is 5.75 Å². The summed E-state index contributed by atoms with van der Waals surface area (Å²) in [6, 6.07) is 8.75. The molecule has 6 rings (SSSR count). The van der Waals surface area contributed by atoms with Gasteiger partial charge >= 0.3 is 6.18 Å². The fourth-order valence-corrected chi connectivity index (χ4v) is 5.12. The van der Waals surface area contributed by atoms with E-state index < -0.39 is 11.7 Å². The number of benzene rings is 2. The Morgan fingerprint density at radius 3 is 2.90 bits per heavy atom. The van der Waals surface area contributed by atoms with E-state index in [9.17, 15) is 18.0 Å². The number of anilines is 2. The molecule has 1 aliphatic rings. The van der Waals surface area contributed by atoms with Crippen molar-refractivity contribution in [2.75, 3.05) is 12.4 Å². The molecule has 0 aliphatic heterocycles. The van der Waals surface area contributed by atoms with Crippen molar-refractivity contribution in [1.82, 2.24) is 30.5 Å². The highest BCUT2D eigenvalue weighted by molar-refractivity contribution is 5.96. The van der Waals surface area contributed by atoms with Gasteiger partial charge in [-0.3, -0.25) is 9.89 Å². The number of ether oxygens (including phenoxy) is 1. The standard InChI is InChI=1S/C27H24F3N7O2/c1-39-22-10-20-16(12-34-37-20)9-21(22)36-25-23-18-8-15(5-6-19(18)35-24(23)32-13-33-25)26(38)31-11-14-3-2-4-17(7-14)27(28,29)30/h2-4,7,9-10,12-13,15H,5-6,8,11H2,1H3,(H,31,38)(H,34,37)(H2,32,33,35,36)/t15-/m0/s1. The van der Waals surface area contributed by atoms with Crippen molar-refractivity contribution in [2.45, 2.75) is 32.0 Å². The van der Waals surface area contributed by atoms with Gasteiger partial charge < -0.3 is 20.4 Å². The molecule has 0 bridgehead atoms. The summed E-state index contributed by atoms with van der Waals surface area (Å²) in [5.41, 5.74) is 3.79. The van der Waals surface area contributed by atoms with Crippen LogP contribution in [0, 0.1) is 5.92 Å². The van der Waals surface area contributed by atoms with Crippen LogP contribution in [0.15, 0.2) is 48.9 Å². The van der Waals surface area contributed by atoms with Gasteiger partial charge in [-0.05, 0) is 48.6 Å². The van der Waals surface area contributed by atoms with Crippen LogP contribution < -0.4 is 15.4 Å². The van der Waals surface area contributed by atoms with Crippen molar-refractivity contribution < 1.29 is 22.7 Å². The van der Waals surface area contributed by atoms with Gasteiger partial charge in [0.15, 0.2) is 0 Å². The molecule has 200 valence electrons. The van der Waals surface area contributed by atoms with Crippen LogP contribution in [0.25, 0.3) is 21.9 Å². The predicted octanol–water partition coefficient (Wildman–Crippen LogP) is 5.03. The fourth-order valence-electron chi connectivity index (χ4n) is 5.12. The number of aryl methyl sites for hydroxylation is 1. The maximum atomic E-state index is 13.1. The van der Waals surface area contributed by atoms with Crippen molar-refractivity contribution in [1.29, 1.82) is 0 Å². The molecule has 1 aliphatic carbocycles. The maximum absolute atomic E-state index is 13.1. The molecule has 3 aromatic heterocycles. The molecule has 12 heteroatoms. The van der Waals surface area contributed by atoms with Crippen LogP contribution in [0.4, 0.5) is 24.7 Å². The Balaban J connectivity index is 1.24. The van der Waals surface area contributed by atoms with E-state index in [1.165, 1.54) is 12.4 Å². The van der Waals surface area contributed by atoms with Crippen LogP contribution >= 0.6 is 0 Å². The average Bonchev–Trinajstić information content (AvgIpc) is 3.54. The summed E-state index contributed by atoms with van der Waals surface area (Å²) in [5.74, 6) is 0.636. The van der Waals surface area contributed by atoms with Crippen molar-refractivity contribution >= 4 is 39.3 Å². The first-order valence-electron chi connectivity index (χ1n) is 12.4. The van der Waals surface area contributed by atoms with Crippen molar-refractivity contribution in [3.63, 3.8) is 0 Å². The lowest BCUT2D eigenvalue weighted by Gasteiger charge is -2.22. The number of fused-ring (bicyclic) bond motifs is 4. The van der Waals surface area contributed by atoms with Gasteiger partial charge in [0, 0.05) is 29.6 Å². The molecule has 4 N–H and O–H groups in total. The molecule has 0 unspecified atom stereocenters. The minimum Gasteiger partial charge on any atom is -0.494 e. The lowest BCUT2D eigenvalue weighted by molar-refractivity contribution is -0.137. The van der Waals surface area contributed by atoms with E-state index in [4.69, 9.17) is 4.74 Å². The summed E-state index contributed by atoms with van der Waals surface area (Å²) in [7, 11) is 1.58. The van der Waals surface area contributed by atoms with E-state index in [0.717, 1.165) is 39.7 Å². The van der Waals surface area contributed by atoms with Gasteiger partial charge in [-0.25, -0.2) is 9.97 Å². The maximum Gasteiger partial charge on any atom is 0.416 e. The first-order valence-corrected chi connectivity index (χ1v) is 12.4. The summed E-state index contributed by atoms with van der Waals surface area (Å²) in [6.07, 6.45) is 0.443. The number of methoxy groups -OCH3 is 1. The van der Waals surface area contributed by atoms with Crippen LogP contribution in [0.3, 0.4) is 0 Å². The number of nitrogens with zero attached hydrogens (tertiary/aromatic N) is 3. The lowest BCUT2D eigenvalue weighted by Crippen LogP contribution is -2.33. The zero-order valence-electron chi connectivity index (χ0n) is 20.8. The molecule has 0 saturated carbocycles. The SMILES string of the molecule is COc1cc2[nH]ncc2cc1Nc1ncnc2[nH]c3c(c12)C[C@@H](C(=O)NCc1cccc(C(F)(F)F)c1)CC3. The zero-order chi connectivity index (χ0) is 27.1. The number of amides is 1. The minimum atomic E-state index is -4.43. The third-order valence-corrected chi connectivity index (χ3v) is 7.08. The van der Waals surface area contributed by atoms with Gasteiger partial charge in [0.1, 0.15) is 23.5 Å². The highest BCUT2D eigenvalue weighted by atomic mass is 19.4. The normalized spacial score (nSPS) is 15.3. The highest BCUT2D eigenvalue weighted by Crippen LogP contribution is 2.38. The number of carbonyl (C=O) groups excluding carboxylic acids is 1. The summed E-state index contributed by atoms with van der Waals surface area (Å²) < 4.78 is 44.7. The Labute approximate surface area is 220 Å². The number of aromatic nitrogens is 5. The number of alkyl halides is 3. The molecule has 0 saturated heterocycles. The fraction of sp³-hybridized carbons (Fsp3) is 0.259. The van der Waals surface area contributed by atoms with E-state index in [0.29, 0.717) is 47.7 Å². The van der Waals surface area contributed by atoms with Crippen LogP contribution in [0.5, 0.6) is 5.75 Å². The molecule has 2 aromatic carbocycles. The summed E-state index contributed by atoms with van der Waals surface area (Å²) in [6.45, 7) is 0.0200. The molecule has 1 atom stereocenters. The van der Waals surface area contributed by atoms with E-state index in [1.807, 2.05) is 12.1 Å². The number of carbonyl (C=O) groups is 1. The van der Waals surface area contributed by atoms with Gasteiger partial charge in [0.25, 0.3) is 0 Å². The molecule has 39 heavy (non-hydrogen) atoms. The number of aromatic amines is 2. The van der Waals surface area contributed by atoms with Crippen LogP contribution in [0.1, 0.15) is 28.8 Å². The average molecular weight is 536 g/mol. The largest absolute Gasteiger partial charge is 0.494 e. The molecule has 5 aromatic rings. The molecular weight excluding hydrogens is 511 g/mol. The summed E-state index contributed by atoms with van der Waals surface area (Å²) in [5, 5.41) is 14.9. The number of H-pyrrole nitrogens is 2. The number of hydrogen-bond donors (Lipinski definition) is 4. The molecule has 0 spiro atoms. The van der Waals surface area contributed by atoms with Gasteiger partial charge in [-0.2, -0.15) is 18.3 Å².